The fourth-order valence-electron chi connectivity index (χ4n) is 7.08. The summed E-state index contributed by atoms with van der Waals surface area (Å²) in [5, 5.41) is 0. The van der Waals surface area contributed by atoms with E-state index in [9.17, 15) is 19.2 Å². The first-order chi connectivity index (χ1) is 19.9. The highest BCUT2D eigenvalue weighted by Crippen LogP contribution is 2.61. The van der Waals surface area contributed by atoms with Crippen LogP contribution in [0.4, 0.5) is 5.69 Å². The molecule has 1 aliphatic heterocycles. The van der Waals surface area contributed by atoms with Gasteiger partial charge in [0.2, 0.25) is 17.6 Å². The Labute approximate surface area is 237 Å². The Hall–Kier alpha value is -4.84. The molecular weight excluding hydrogens is 514 g/mol. The summed E-state index contributed by atoms with van der Waals surface area (Å²) in [6.07, 6.45) is 0. The number of para-hydroxylation sites is 1. The van der Waals surface area contributed by atoms with Crippen molar-refractivity contribution < 1.29 is 23.9 Å². The lowest BCUT2D eigenvalue weighted by Crippen LogP contribution is -2.41. The van der Waals surface area contributed by atoms with Gasteiger partial charge in [-0.15, -0.1) is 0 Å². The Morgan fingerprint density at radius 2 is 1.20 bits per heavy atom. The molecule has 1 fully saturated rings. The minimum atomic E-state index is -0.760. The van der Waals surface area contributed by atoms with Crippen LogP contribution in [0.25, 0.3) is 0 Å². The van der Waals surface area contributed by atoms with E-state index in [1.54, 1.807) is 24.3 Å². The Morgan fingerprint density at radius 1 is 0.683 bits per heavy atom. The van der Waals surface area contributed by atoms with Gasteiger partial charge in [0.05, 0.1) is 23.1 Å². The number of ether oxygens (including phenoxy) is 1. The standard InChI is InChI=1S/C35H27NO5/c1-19-15-16-20(2)26(17-19)28(37)18-41-35(40)25-13-7-8-14-27(25)36-33(38)31-29-21-9-3-4-10-22(21)30(32(31)34(36)39)24-12-6-5-11-23(24)29/h3-17,29-32H,18H2,1-2H3/t29?,30?,31-,32-/m0/s1. The highest BCUT2D eigenvalue weighted by Gasteiger charge is 2.62. The number of amides is 2. The van der Waals surface area contributed by atoms with Crippen molar-refractivity contribution in [3.63, 3.8) is 0 Å². The molecule has 4 aliphatic rings. The van der Waals surface area contributed by atoms with Gasteiger partial charge in [0, 0.05) is 17.4 Å². The van der Waals surface area contributed by atoms with Crippen LogP contribution >= 0.6 is 0 Å². The minimum Gasteiger partial charge on any atom is -0.454 e. The van der Waals surface area contributed by atoms with Crippen LogP contribution in [0.5, 0.6) is 0 Å². The van der Waals surface area contributed by atoms with Crippen molar-refractivity contribution in [1.82, 2.24) is 0 Å². The average molecular weight is 542 g/mol. The zero-order chi connectivity index (χ0) is 28.4. The van der Waals surface area contributed by atoms with E-state index in [0.29, 0.717) is 5.56 Å². The van der Waals surface area contributed by atoms with Crippen molar-refractivity contribution in [2.75, 3.05) is 11.5 Å². The molecule has 4 aromatic carbocycles. The number of benzene rings is 4. The van der Waals surface area contributed by atoms with Gasteiger partial charge in [-0.05, 0) is 59.9 Å². The van der Waals surface area contributed by atoms with E-state index in [4.69, 9.17) is 4.74 Å². The number of esters is 1. The molecule has 0 radical (unpaired) electrons. The highest BCUT2D eigenvalue weighted by atomic mass is 16.5. The number of anilines is 1. The van der Waals surface area contributed by atoms with E-state index in [0.717, 1.165) is 33.4 Å². The van der Waals surface area contributed by atoms with Crippen LogP contribution < -0.4 is 4.90 Å². The summed E-state index contributed by atoms with van der Waals surface area (Å²) in [6.45, 7) is 3.28. The predicted molar refractivity (Wildman–Crippen MR) is 153 cm³/mol. The summed E-state index contributed by atoms with van der Waals surface area (Å²) in [7, 11) is 0. The summed E-state index contributed by atoms with van der Waals surface area (Å²) in [5.41, 5.74) is 6.81. The molecule has 4 aromatic rings. The smallest absolute Gasteiger partial charge is 0.340 e. The topological polar surface area (TPSA) is 80.8 Å². The molecule has 6 nitrogen and oxygen atoms in total. The third kappa shape index (κ3) is 3.70. The van der Waals surface area contributed by atoms with Gasteiger partial charge in [-0.2, -0.15) is 0 Å². The summed E-state index contributed by atoms with van der Waals surface area (Å²) < 4.78 is 5.45. The molecule has 1 saturated heterocycles. The number of nitrogens with zero attached hydrogens (tertiary/aromatic N) is 1. The molecule has 0 aromatic heterocycles. The van der Waals surface area contributed by atoms with Crippen molar-refractivity contribution in [3.8, 4) is 0 Å². The minimum absolute atomic E-state index is 0.0731. The van der Waals surface area contributed by atoms with Crippen LogP contribution in [0.3, 0.4) is 0 Å². The Morgan fingerprint density at radius 3 is 1.76 bits per heavy atom. The predicted octanol–water partition coefficient (Wildman–Crippen LogP) is 5.74. The number of ketones is 1. The number of hydrogen-bond acceptors (Lipinski definition) is 5. The SMILES string of the molecule is Cc1ccc(C)c(C(=O)COC(=O)c2ccccc2N2C(=O)[C@H]3C4c5ccccc5C(c5ccccc54)[C@@H]3C2=O)c1. The molecule has 2 atom stereocenters. The van der Waals surface area contributed by atoms with Gasteiger partial charge in [-0.25, -0.2) is 9.69 Å². The van der Waals surface area contributed by atoms with Gasteiger partial charge >= 0.3 is 5.97 Å². The molecule has 202 valence electrons. The fraction of sp³-hybridized carbons (Fsp3) is 0.200. The largest absolute Gasteiger partial charge is 0.454 e. The summed E-state index contributed by atoms with van der Waals surface area (Å²) in [5.74, 6) is -3.31. The van der Waals surface area contributed by atoms with Gasteiger partial charge in [-0.1, -0.05) is 78.4 Å². The zero-order valence-electron chi connectivity index (χ0n) is 22.7. The summed E-state index contributed by atoms with van der Waals surface area (Å²) >= 11 is 0. The number of carbonyl (C=O) groups excluding carboxylic acids is 4. The second-order valence-electron chi connectivity index (χ2n) is 11.1. The Kier molecular flexibility index (Phi) is 5.75. The van der Waals surface area contributed by atoms with Crippen molar-refractivity contribution in [1.29, 1.82) is 0 Å². The number of Topliss-reactive ketones (excluding diaryl/α,β-unsaturated/α-hetero) is 1. The summed E-state index contributed by atoms with van der Waals surface area (Å²) in [6, 6.07) is 28.1. The molecule has 2 bridgehead atoms. The quantitative estimate of drug-likeness (QED) is 0.183. The third-order valence-electron chi connectivity index (χ3n) is 8.84. The van der Waals surface area contributed by atoms with Crippen LogP contribution in [0.15, 0.2) is 91.0 Å². The van der Waals surface area contributed by atoms with Crippen LogP contribution in [0, 0.1) is 25.7 Å². The first-order valence-corrected chi connectivity index (χ1v) is 13.8. The maximum absolute atomic E-state index is 14.2. The van der Waals surface area contributed by atoms with Gasteiger partial charge in [0.25, 0.3) is 0 Å². The van der Waals surface area contributed by atoms with Crippen LogP contribution in [-0.2, 0) is 14.3 Å². The summed E-state index contributed by atoms with van der Waals surface area (Å²) in [4.78, 5) is 55.7. The van der Waals surface area contributed by atoms with E-state index in [1.165, 1.54) is 11.0 Å². The van der Waals surface area contributed by atoms with Gasteiger partial charge < -0.3 is 4.74 Å². The van der Waals surface area contributed by atoms with E-state index >= 15 is 0 Å². The second kappa shape index (κ2) is 9.37. The van der Waals surface area contributed by atoms with Gasteiger partial charge in [0.1, 0.15) is 0 Å². The maximum atomic E-state index is 14.2. The number of imide groups is 1. The van der Waals surface area contributed by atoms with Crippen LogP contribution in [-0.4, -0.2) is 30.2 Å². The lowest BCUT2D eigenvalue weighted by Gasteiger charge is -2.45. The van der Waals surface area contributed by atoms with Crippen molar-refractivity contribution in [3.05, 3.63) is 136 Å². The molecule has 8 rings (SSSR count). The lowest BCUT2D eigenvalue weighted by molar-refractivity contribution is -0.122. The third-order valence-corrected chi connectivity index (χ3v) is 8.84. The number of carbonyl (C=O) groups is 4. The molecule has 0 spiro atoms. The second-order valence-corrected chi connectivity index (χ2v) is 11.1. The number of aryl methyl sites for hydroxylation is 2. The van der Waals surface area contributed by atoms with E-state index < -0.39 is 24.4 Å². The Balaban J connectivity index is 1.22. The zero-order valence-corrected chi connectivity index (χ0v) is 22.7. The van der Waals surface area contributed by atoms with E-state index in [1.807, 2.05) is 50.2 Å². The van der Waals surface area contributed by atoms with E-state index in [2.05, 4.69) is 24.3 Å². The molecule has 2 amide bonds. The van der Waals surface area contributed by atoms with Crippen LogP contribution in [0.1, 0.15) is 65.9 Å². The first kappa shape index (κ1) is 25.1. The molecule has 3 aliphatic carbocycles. The monoisotopic (exact) mass is 541 g/mol. The average Bonchev–Trinajstić information content (AvgIpc) is 3.26. The molecule has 41 heavy (non-hydrogen) atoms. The Bertz CT molecular complexity index is 1670. The normalized spacial score (nSPS) is 21.8. The van der Waals surface area contributed by atoms with Gasteiger partial charge in [-0.3, -0.25) is 14.4 Å². The number of rotatable bonds is 5. The first-order valence-electron chi connectivity index (χ1n) is 13.8. The molecule has 0 N–H and O–H groups in total. The molecule has 0 unspecified atom stereocenters. The van der Waals surface area contributed by atoms with Crippen LogP contribution in [0.2, 0.25) is 0 Å². The van der Waals surface area contributed by atoms with E-state index in [-0.39, 0.29) is 40.7 Å². The number of hydrogen-bond donors (Lipinski definition) is 0. The molecule has 0 saturated carbocycles. The van der Waals surface area contributed by atoms with Crippen molar-refractivity contribution >= 4 is 29.3 Å². The van der Waals surface area contributed by atoms with Crippen molar-refractivity contribution in [2.45, 2.75) is 25.7 Å². The van der Waals surface area contributed by atoms with Gasteiger partial charge in [0.15, 0.2) is 6.61 Å². The highest BCUT2D eigenvalue weighted by molar-refractivity contribution is 6.25. The maximum Gasteiger partial charge on any atom is 0.340 e. The molecule has 1 heterocycles. The molecular formula is C35H27NO5. The fourth-order valence-corrected chi connectivity index (χ4v) is 7.08. The van der Waals surface area contributed by atoms with Crippen molar-refractivity contribution in [2.24, 2.45) is 11.8 Å². The molecule has 6 heteroatoms. The lowest BCUT2D eigenvalue weighted by atomic mass is 9.55.